The van der Waals surface area contributed by atoms with Crippen LogP contribution in [0.15, 0.2) is 24.3 Å². The molecule has 1 amide bonds. The number of hydrogen-bond acceptors (Lipinski definition) is 5. The average Bonchev–Trinajstić information content (AvgIpc) is 2.45. The molecule has 0 heterocycles. The quantitative estimate of drug-likeness (QED) is 0.805. The van der Waals surface area contributed by atoms with E-state index in [1.807, 2.05) is 6.07 Å². The Bertz CT molecular complexity index is 590. The highest BCUT2D eigenvalue weighted by atomic mass is 16.5. The molecule has 1 aromatic rings. The van der Waals surface area contributed by atoms with Crippen molar-refractivity contribution in [1.29, 1.82) is 5.26 Å². The molecule has 0 unspecified atom stereocenters. The molecule has 1 N–H and O–H groups in total. The maximum Gasteiger partial charge on any atom is 0.307 e. The molecule has 1 aromatic carbocycles. The van der Waals surface area contributed by atoms with Crippen molar-refractivity contribution in [3.05, 3.63) is 29.8 Å². The Hall–Kier alpha value is -2.68. The van der Waals surface area contributed by atoms with Crippen LogP contribution in [0.25, 0.3) is 0 Å². The summed E-state index contributed by atoms with van der Waals surface area (Å²) in [6.07, 6.45) is -0.970. The third-order valence-corrected chi connectivity index (χ3v) is 2.66. The van der Waals surface area contributed by atoms with E-state index in [0.29, 0.717) is 11.3 Å². The van der Waals surface area contributed by atoms with Gasteiger partial charge in [-0.1, -0.05) is 12.1 Å². The van der Waals surface area contributed by atoms with Crippen molar-refractivity contribution in [2.24, 2.45) is 0 Å². The molecule has 0 aliphatic rings. The second-order valence-corrected chi connectivity index (χ2v) is 4.48. The van der Waals surface area contributed by atoms with Gasteiger partial charge in [0, 0.05) is 6.42 Å². The molecule has 0 aliphatic heterocycles. The van der Waals surface area contributed by atoms with Gasteiger partial charge in [-0.2, -0.15) is 5.26 Å². The summed E-state index contributed by atoms with van der Waals surface area (Å²) >= 11 is 0. The number of anilines is 1. The minimum atomic E-state index is -1.00. The number of Topliss-reactive ketones (excluding diaryl/α,β-unsaturated/α-hetero) is 1. The van der Waals surface area contributed by atoms with Gasteiger partial charge in [0.25, 0.3) is 5.91 Å². The largest absolute Gasteiger partial charge is 0.453 e. The number of hydrogen-bond donors (Lipinski definition) is 1. The van der Waals surface area contributed by atoms with Crippen LogP contribution >= 0.6 is 0 Å². The molecule has 0 aromatic heterocycles. The molecule has 0 saturated carbocycles. The third kappa shape index (κ3) is 5.45. The predicted octanol–water partition coefficient (Wildman–Crippen LogP) is 1.80. The number of carbonyl (C=O) groups excluding carboxylic acids is 3. The smallest absolute Gasteiger partial charge is 0.307 e. The third-order valence-electron chi connectivity index (χ3n) is 2.66. The van der Waals surface area contributed by atoms with E-state index < -0.39 is 18.0 Å². The topological polar surface area (TPSA) is 96.3 Å². The van der Waals surface area contributed by atoms with E-state index in [2.05, 4.69) is 5.32 Å². The zero-order chi connectivity index (χ0) is 15.8. The maximum atomic E-state index is 11.9. The Labute approximate surface area is 122 Å². The molecule has 21 heavy (non-hydrogen) atoms. The monoisotopic (exact) mass is 288 g/mol. The van der Waals surface area contributed by atoms with E-state index >= 15 is 0 Å². The first-order valence-electron chi connectivity index (χ1n) is 6.43. The predicted molar refractivity (Wildman–Crippen MR) is 75.3 cm³/mol. The number of nitriles is 1. The summed E-state index contributed by atoms with van der Waals surface area (Å²) in [5.74, 6) is -1.26. The Balaban J connectivity index is 2.57. The van der Waals surface area contributed by atoms with E-state index in [4.69, 9.17) is 10.00 Å². The molecule has 0 spiro atoms. The van der Waals surface area contributed by atoms with Gasteiger partial charge in [0.2, 0.25) is 0 Å². The fourth-order valence-electron chi connectivity index (χ4n) is 1.51. The van der Waals surface area contributed by atoms with Crippen LogP contribution in [0.3, 0.4) is 0 Å². The van der Waals surface area contributed by atoms with Gasteiger partial charge >= 0.3 is 5.97 Å². The Morgan fingerprint density at radius 1 is 1.29 bits per heavy atom. The van der Waals surface area contributed by atoms with Crippen LogP contribution in [0.4, 0.5) is 5.69 Å². The Kier molecular flexibility index (Phi) is 6.08. The lowest BCUT2D eigenvalue weighted by Gasteiger charge is -2.13. The molecule has 0 radical (unpaired) electrons. The second-order valence-electron chi connectivity index (χ2n) is 4.48. The second kappa shape index (κ2) is 7.80. The molecular weight excluding hydrogens is 272 g/mol. The van der Waals surface area contributed by atoms with Crippen molar-refractivity contribution in [3.63, 3.8) is 0 Å². The first-order chi connectivity index (χ1) is 9.93. The molecule has 0 fully saturated rings. The lowest BCUT2D eigenvalue weighted by atomic mass is 10.2. The minimum absolute atomic E-state index is 0.0538. The van der Waals surface area contributed by atoms with Gasteiger partial charge in [0.05, 0.1) is 17.7 Å². The van der Waals surface area contributed by atoms with E-state index in [1.165, 1.54) is 13.8 Å². The summed E-state index contributed by atoms with van der Waals surface area (Å²) in [4.78, 5) is 34.1. The van der Waals surface area contributed by atoms with Gasteiger partial charge in [-0.25, -0.2) is 0 Å². The summed E-state index contributed by atoms with van der Waals surface area (Å²) in [7, 11) is 0. The number of amides is 1. The molecule has 0 aliphatic carbocycles. The van der Waals surface area contributed by atoms with Crippen molar-refractivity contribution in [2.75, 3.05) is 5.32 Å². The van der Waals surface area contributed by atoms with Crippen LogP contribution in [0, 0.1) is 11.3 Å². The highest BCUT2D eigenvalue weighted by molar-refractivity contribution is 5.96. The number of ether oxygens (including phenoxy) is 1. The summed E-state index contributed by atoms with van der Waals surface area (Å²) in [6, 6.07) is 8.47. The van der Waals surface area contributed by atoms with Crippen LogP contribution in [-0.2, 0) is 19.1 Å². The van der Waals surface area contributed by atoms with Crippen molar-refractivity contribution in [1.82, 2.24) is 0 Å². The van der Waals surface area contributed by atoms with Crippen LogP contribution in [0.5, 0.6) is 0 Å². The average molecular weight is 288 g/mol. The number of ketones is 1. The molecule has 6 nitrogen and oxygen atoms in total. The zero-order valence-electron chi connectivity index (χ0n) is 11.9. The van der Waals surface area contributed by atoms with Gasteiger partial charge in [-0.05, 0) is 26.0 Å². The summed E-state index contributed by atoms with van der Waals surface area (Å²) in [5.41, 5.74) is 0.678. The number of nitrogens with one attached hydrogen (secondary N) is 1. The SMILES string of the molecule is CC(=O)CCC(=O)O[C@@H](C)C(=O)Nc1ccccc1C#N. The number of carbonyl (C=O) groups is 3. The fourth-order valence-corrected chi connectivity index (χ4v) is 1.51. The minimum Gasteiger partial charge on any atom is -0.453 e. The first-order valence-corrected chi connectivity index (χ1v) is 6.43. The number of rotatable bonds is 6. The standard InChI is InChI=1S/C15H16N2O4/c1-10(18)7-8-14(19)21-11(2)15(20)17-13-6-4-3-5-12(13)9-16/h3-6,11H,7-8H2,1-2H3,(H,17,20)/t11-/m0/s1. The molecular formula is C15H16N2O4. The highest BCUT2D eigenvalue weighted by Gasteiger charge is 2.18. The van der Waals surface area contributed by atoms with E-state index in [1.54, 1.807) is 24.3 Å². The van der Waals surface area contributed by atoms with Crippen molar-refractivity contribution >= 4 is 23.3 Å². The van der Waals surface area contributed by atoms with Gasteiger partial charge in [-0.3, -0.25) is 9.59 Å². The van der Waals surface area contributed by atoms with Crippen LogP contribution in [-0.4, -0.2) is 23.8 Å². The molecule has 1 atom stereocenters. The first kappa shape index (κ1) is 16.4. The van der Waals surface area contributed by atoms with Gasteiger partial charge in [-0.15, -0.1) is 0 Å². The number of nitrogens with zero attached hydrogens (tertiary/aromatic N) is 1. The fraction of sp³-hybridized carbons (Fsp3) is 0.333. The van der Waals surface area contributed by atoms with Crippen molar-refractivity contribution in [3.8, 4) is 6.07 Å². The van der Waals surface area contributed by atoms with Gasteiger partial charge in [0.15, 0.2) is 6.10 Å². The Morgan fingerprint density at radius 3 is 2.57 bits per heavy atom. The van der Waals surface area contributed by atoms with Crippen LogP contribution in [0.2, 0.25) is 0 Å². The number of para-hydroxylation sites is 1. The van der Waals surface area contributed by atoms with E-state index in [9.17, 15) is 14.4 Å². The normalized spacial score (nSPS) is 11.1. The molecule has 1 rings (SSSR count). The van der Waals surface area contributed by atoms with E-state index in [0.717, 1.165) is 0 Å². The zero-order valence-corrected chi connectivity index (χ0v) is 11.9. The lowest BCUT2D eigenvalue weighted by molar-refractivity contribution is -0.153. The van der Waals surface area contributed by atoms with Crippen molar-refractivity contribution < 1.29 is 19.1 Å². The summed E-state index contributed by atoms with van der Waals surface area (Å²) in [6.45, 7) is 2.80. The van der Waals surface area contributed by atoms with E-state index in [-0.39, 0.29) is 18.6 Å². The van der Waals surface area contributed by atoms with Crippen molar-refractivity contribution in [2.45, 2.75) is 32.8 Å². The van der Waals surface area contributed by atoms with Gasteiger partial charge < -0.3 is 14.8 Å². The Morgan fingerprint density at radius 2 is 1.95 bits per heavy atom. The summed E-state index contributed by atoms with van der Waals surface area (Å²) < 4.78 is 4.92. The van der Waals surface area contributed by atoms with Crippen LogP contribution < -0.4 is 5.32 Å². The molecule has 110 valence electrons. The van der Waals surface area contributed by atoms with Crippen LogP contribution in [0.1, 0.15) is 32.3 Å². The summed E-state index contributed by atoms with van der Waals surface area (Å²) in [5, 5.41) is 11.4. The molecule has 0 bridgehead atoms. The van der Waals surface area contributed by atoms with Gasteiger partial charge in [0.1, 0.15) is 11.9 Å². The molecule has 6 heteroatoms. The maximum absolute atomic E-state index is 11.9. The number of benzene rings is 1. The number of esters is 1. The highest BCUT2D eigenvalue weighted by Crippen LogP contribution is 2.14. The molecule has 0 saturated heterocycles. The lowest BCUT2D eigenvalue weighted by Crippen LogP contribution is -2.30.